The maximum Gasteiger partial charge on any atom is 0.407 e. The van der Waals surface area contributed by atoms with E-state index < -0.39 is 6.09 Å². The lowest BCUT2D eigenvalue weighted by molar-refractivity contribution is 0.130. The van der Waals surface area contributed by atoms with Gasteiger partial charge >= 0.3 is 6.09 Å². The molecule has 0 spiro atoms. The molecule has 5 rings (SSSR count). The highest BCUT2D eigenvalue weighted by molar-refractivity contribution is 5.80. The number of likely N-dealkylation sites (tertiary alicyclic amines) is 1. The molecule has 4 heterocycles. The number of nitrogens with zero attached hydrogens (tertiary/aromatic N) is 4. The number of piperidine rings is 2. The van der Waals surface area contributed by atoms with E-state index in [1.807, 2.05) is 18.2 Å². The van der Waals surface area contributed by atoms with E-state index in [1.165, 1.54) is 4.90 Å². The minimum atomic E-state index is -0.834. The molecule has 166 valence electrons. The van der Waals surface area contributed by atoms with Crippen LogP contribution in [0.2, 0.25) is 0 Å². The van der Waals surface area contributed by atoms with Crippen LogP contribution in [-0.2, 0) is 0 Å². The quantitative estimate of drug-likeness (QED) is 0.652. The van der Waals surface area contributed by atoms with E-state index in [0.29, 0.717) is 19.0 Å². The molecular formula is C25H28N4O3. The molecule has 3 aromatic rings. The second-order valence-electron chi connectivity index (χ2n) is 8.61. The highest BCUT2D eigenvalue weighted by Gasteiger charge is 2.28. The van der Waals surface area contributed by atoms with Crippen molar-refractivity contribution in [2.24, 2.45) is 0 Å². The van der Waals surface area contributed by atoms with E-state index in [4.69, 9.17) is 9.72 Å². The second kappa shape index (κ2) is 9.02. The smallest absolute Gasteiger partial charge is 0.407 e. The van der Waals surface area contributed by atoms with Crippen molar-refractivity contribution in [2.45, 2.75) is 37.7 Å². The van der Waals surface area contributed by atoms with Crippen LogP contribution in [0.3, 0.4) is 0 Å². The zero-order chi connectivity index (χ0) is 21.9. The minimum Gasteiger partial charge on any atom is -0.474 e. The number of anilines is 1. The van der Waals surface area contributed by atoms with E-state index >= 15 is 0 Å². The summed E-state index contributed by atoms with van der Waals surface area (Å²) in [5, 5.41) is 10.4. The van der Waals surface area contributed by atoms with Crippen molar-refractivity contribution in [1.82, 2.24) is 14.9 Å². The third kappa shape index (κ3) is 4.33. The maximum atomic E-state index is 11.2. The summed E-state index contributed by atoms with van der Waals surface area (Å²) in [5.41, 5.74) is 2.13. The third-order valence-corrected chi connectivity index (χ3v) is 6.63. The summed E-state index contributed by atoms with van der Waals surface area (Å²) in [6.07, 6.45) is 4.52. The third-order valence-electron chi connectivity index (χ3n) is 6.63. The summed E-state index contributed by atoms with van der Waals surface area (Å²) in [4.78, 5) is 24.4. The molecule has 1 amide bonds. The van der Waals surface area contributed by atoms with Gasteiger partial charge in [0.1, 0.15) is 11.9 Å². The monoisotopic (exact) mass is 432 g/mol. The summed E-state index contributed by atoms with van der Waals surface area (Å²) in [5.74, 6) is 2.02. The molecule has 0 bridgehead atoms. The van der Waals surface area contributed by atoms with Gasteiger partial charge in [0.05, 0.1) is 5.52 Å². The number of benzene rings is 1. The maximum absolute atomic E-state index is 11.2. The Bertz CT molecular complexity index is 1090. The Morgan fingerprint density at radius 3 is 2.50 bits per heavy atom. The topological polar surface area (TPSA) is 78.8 Å². The largest absolute Gasteiger partial charge is 0.474 e. The fourth-order valence-electron chi connectivity index (χ4n) is 4.79. The van der Waals surface area contributed by atoms with Crippen LogP contribution in [0.5, 0.6) is 5.88 Å². The lowest BCUT2D eigenvalue weighted by Gasteiger charge is -2.34. The number of ether oxygens (including phenoxy) is 1. The van der Waals surface area contributed by atoms with Crippen molar-refractivity contribution >= 4 is 22.8 Å². The normalized spacial score (nSPS) is 18.1. The first-order chi connectivity index (χ1) is 15.7. The van der Waals surface area contributed by atoms with Gasteiger partial charge in [-0.2, -0.15) is 0 Å². The predicted molar refractivity (Wildman–Crippen MR) is 123 cm³/mol. The Labute approximate surface area is 187 Å². The number of hydrogen-bond acceptors (Lipinski definition) is 5. The van der Waals surface area contributed by atoms with Crippen molar-refractivity contribution in [1.29, 1.82) is 0 Å². The molecular weight excluding hydrogens is 404 g/mol. The van der Waals surface area contributed by atoms with Crippen LogP contribution in [0.25, 0.3) is 10.9 Å². The predicted octanol–water partition coefficient (Wildman–Crippen LogP) is 4.54. The van der Waals surface area contributed by atoms with Crippen LogP contribution in [0.15, 0.2) is 54.7 Å². The fraction of sp³-hybridized carbons (Fsp3) is 0.400. The molecule has 1 aromatic carbocycles. The highest BCUT2D eigenvalue weighted by Crippen LogP contribution is 2.34. The van der Waals surface area contributed by atoms with Gasteiger partial charge in [-0.3, -0.25) is 0 Å². The standard InChI is InChI=1S/C25H28N4O3/c30-25(31)29-14-9-18(10-15-29)21-5-3-13-26-24(21)32-20-11-16-28(17-12-20)23-8-7-19-4-1-2-6-22(19)27-23/h1-8,13,18,20H,9-12,14-17H2,(H,30,31). The molecule has 7 heteroatoms. The van der Waals surface area contributed by atoms with Crippen LogP contribution in [0.1, 0.15) is 37.2 Å². The van der Waals surface area contributed by atoms with Crippen molar-refractivity contribution in [3.63, 3.8) is 0 Å². The van der Waals surface area contributed by atoms with Gasteiger partial charge in [0.25, 0.3) is 0 Å². The number of amides is 1. The molecule has 2 fully saturated rings. The van der Waals surface area contributed by atoms with Gasteiger partial charge in [-0.05, 0) is 43.0 Å². The van der Waals surface area contributed by atoms with Crippen LogP contribution >= 0.6 is 0 Å². The van der Waals surface area contributed by atoms with Gasteiger partial charge in [-0.15, -0.1) is 0 Å². The molecule has 1 N–H and O–H groups in total. The van der Waals surface area contributed by atoms with Gasteiger partial charge in [0.2, 0.25) is 5.88 Å². The van der Waals surface area contributed by atoms with Crippen LogP contribution < -0.4 is 9.64 Å². The summed E-state index contributed by atoms with van der Waals surface area (Å²) in [7, 11) is 0. The second-order valence-corrected chi connectivity index (χ2v) is 8.61. The van der Waals surface area contributed by atoms with E-state index in [1.54, 1.807) is 6.20 Å². The average Bonchev–Trinajstić information content (AvgIpc) is 2.85. The Morgan fingerprint density at radius 1 is 0.938 bits per heavy atom. The zero-order valence-electron chi connectivity index (χ0n) is 18.1. The summed E-state index contributed by atoms with van der Waals surface area (Å²) in [6.45, 7) is 2.92. The van der Waals surface area contributed by atoms with Crippen LogP contribution in [-0.4, -0.2) is 58.4 Å². The number of aromatic nitrogens is 2. The summed E-state index contributed by atoms with van der Waals surface area (Å²) in [6, 6.07) is 16.5. The first kappa shape index (κ1) is 20.5. The van der Waals surface area contributed by atoms with Gasteiger partial charge in [-0.1, -0.05) is 24.3 Å². The zero-order valence-corrected chi connectivity index (χ0v) is 18.1. The van der Waals surface area contributed by atoms with E-state index in [0.717, 1.165) is 61.1 Å². The average molecular weight is 433 g/mol. The number of carboxylic acid groups (broad SMARTS) is 1. The highest BCUT2D eigenvalue weighted by atomic mass is 16.5. The number of carbonyl (C=O) groups is 1. The SMILES string of the molecule is O=C(O)N1CCC(c2cccnc2OC2CCN(c3ccc4ccccc4n3)CC2)CC1. The van der Waals surface area contributed by atoms with Gasteiger partial charge < -0.3 is 19.6 Å². The minimum absolute atomic E-state index is 0.125. The van der Waals surface area contributed by atoms with Gasteiger partial charge in [0.15, 0.2) is 0 Å². The van der Waals surface area contributed by atoms with Gasteiger partial charge in [0, 0.05) is 56.2 Å². The van der Waals surface area contributed by atoms with E-state index in [2.05, 4.69) is 40.2 Å². The van der Waals surface area contributed by atoms with Crippen molar-refractivity contribution < 1.29 is 14.6 Å². The summed E-state index contributed by atoms with van der Waals surface area (Å²) < 4.78 is 6.38. The Balaban J connectivity index is 1.21. The Kier molecular flexibility index (Phi) is 5.79. The Hall–Kier alpha value is -3.35. The molecule has 7 nitrogen and oxygen atoms in total. The fourth-order valence-corrected chi connectivity index (χ4v) is 4.79. The van der Waals surface area contributed by atoms with E-state index in [-0.39, 0.29) is 12.0 Å². The molecule has 2 saturated heterocycles. The first-order valence-electron chi connectivity index (χ1n) is 11.4. The Morgan fingerprint density at radius 2 is 1.72 bits per heavy atom. The number of fused-ring (bicyclic) bond motifs is 1. The van der Waals surface area contributed by atoms with Crippen molar-refractivity contribution in [2.75, 3.05) is 31.1 Å². The van der Waals surface area contributed by atoms with Crippen LogP contribution in [0.4, 0.5) is 10.6 Å². The van der Waals surface area contributed by atoms with Crippen molar-refractivity contribution in [3.8, 4) is 5.88 Å². The molecule has 2 aliphatic rings. The molecule has 0 unspecified atom stereocenters. The first-order valence-corrected chi connectivity index (χ1v) is 11.4. The summed E-state index contributed by atoms with van der Waals surface area (Å²) >= 11 is 0. The molecule has 0 aliphatic carbocycles. The van der Waals surface area contributed by atoms with E-state index in [9.17, 15) is 9.90 Å². The van der Waals surface area contributed by atoms with Crippen molar-refractivity contribution in [3.05, 3.63) is 60.3 Å². The molecule has 2 aliphatic heterocycles. The number of para-hydroxylation sites is 1. The number of rotatable bonds is 4. The number of hydrogen-bond donors (Lipinski definition) is 1. The lowest BCUT2D eigenvalue weighted by atomic mass is 9.90. The molecule has 0 saturated carbocycles. The van der Waals surface area contributed by atoms with Gasteiger partial charge in [-0.25, -0.2) is 14.8 Å². The lowest BCUT2D eigenvalue weighted by Crippen LogP contribution is -2.39. The molecule has 0 atom stereocenters. The van der Waals surface area contributed by atoms with Crippen LogP contribution in [0, 0.1) is 0 Å². The molecule has 0 radical (unpaired) electrons. The number of pyridine rings is 2. The molecule has 32 heavy (non-hydrogen) atoms. The molecule has 2 aromatic heterocycles.